The number of ether oxygens (including phenoxy) is 1. The van der Waals surface area contributed by atoms with Crippen molar-refractivity contribution in [2.75, 3.05) is 81.6 Å². The molecule has 4 rings (SSSR count). The van der Waals surface area contributed by atoms with Crippen LogP contribution in [0.4, 0.5) is 36.8 Å². The Hall–Kier alpha value is -3.13. The Kier molecular flexibility index (Phi) is 7.90. The third kappa shape index (κ3) is 6.72. The number of nitrogens with one attached hydrogen (secondary N) is 2. The lowest BCUT2D eigenvalue weighted by Crippen LogP contribution is -2.44. The smallest absolute Gasteiger partial charge is 0.421 e. The van der Waals surface area contributed by atoms with Gasteiger partial charge in [-0.1, -0.05) is 0 Å². The number of carbonyl (C=O) groups is 1. The maximum atomic E-state index is 13.5. The first kappa shape index (κ1) is 25.0. The third-order valence-corrected chi connectivity index (χ3v) is 5.82. The zero-order valence-electron chi connectivity index (χ0n) is 19.5. The minimum atomic E-state index is -4.62. The first-order valence-electron chi connectivity index (χ1n) is 11.5. The van der Waals surface area contributed by atoms with Gasteiger partial charge in [-0.25, -0.2) is 4.98 Å². The number of halogens is 3. The molecule has 11 nitrogen and oxygen atoms in total. The van der Waals surface area contributed by atoms with Crippen molar-refractivity contribution in [3.05, 3.63) is 18.0 Å². The SMILES string of the molecule is CN1CCN(c2nc(Nc3ncc(C(F)(F)F)c(NCCCN4CCOCCC4=O)n3)co2)CC1. The summed E-state index contributed by atoms with van der Waals surface area (Å²) >= 11 is 0. The molecule has 192 valence electrons. The van der Waals surface area contributed by atoms with E-state index in [1.54, 1.807) is 4.90 Å². The summed E-state index contributed by atoms with van der Waals surface area (Å²) < 4.78 is 51.3. The lowest BCUT2D eigenvalue weighted by atomic mass is 10.3. The number of alkyl halides is 3. The second-order valence-electron chi connectivity index (χ2n) is 8.41. The van der Waals surface area contributed by atoms with E-state index in [4.69, 9.17) is 9.15 Å². The number of hydrogen-bond donors (Lipinski definition) is 2. The van der Waals surface area contributed by atoms with Crippen molar-refractivity contribution in [3.8, 4) is 0 Å². The van der Waals surface area contributed by atoms with Crippen LogP contribution in [0.2, 0.25) is 0 Å². The van der Waals surface area contributed by atoms with Crippen molar-refractivity contribution in [3.63, 3.8) is 0 Å². The summed E-state index contributed by atoms with van der Waals surface area (Å²) in [7, 11) is 2.04. The standard InChI is InChI=1S/C21H29F3N8O3/c1-30-6-8-32(9-7-30)20-28-16(14-35-20)27-19-26-13-15(21(22,23)24)18(29-19)25-4-2-5-31-10-12-34-11-3-17(31)33/h13-14H,2-12H2,1H3,(H2,25,26,27,29). The Bertz CT molecular complexity index is 994. The monoisotopic (exact) mass is 498 g/mol. The van der Waals surface area contributed by atoms with Gasteiger partial charge < -0.3 is 34.5 Å². The molecule has 0 aliphatic carbocycles. The molecule has 0 spiro atoms. The molecule has 2 aromatic rings. The summed E-state index contributed by atoms with van der Waals surface area (Å²) in [5.41, 5.74) is -0.972. The molecule has 0 saturated carbocycles. The maximum absolute atomic E-state index is 13.5. The normalized spacial score (nSPS) is 18.0. The molecule has 0 radical (unpaired) electrons. The number of carbonyl (C=O) groups excluding carboxylic acids is 1. The van der Waals surface area contributed by atoms with E-state index < -0.39 is 11.7 Å². The summed E-state index contributed by atoms with van der Waals surface area (Å²) in [4.78, 5) is 30.1. The van der Waals surface area contributed by atoms with Crippen molar-refractivity contribution in [2.24, 2.45) is 0 Å². The molecule has 2 N–H and O–H groups in total. The van der Waals surface area contributed by atoms with E-state index >= 15 is 0 Å². The molecule has 0 bridgehead atoms. The fourth-order valence-corrected chi connectivity index (χ4v) is 3.80. The Morgan fingerprint density at radius 2 is 1.91 bits per heavy atom. The Balaban J connectivity index is 1.38. The number of nitrogens with zero attached hydrogens (tertiary/aromatic N) is 6. The molecule has 2 aromatic heterocycles. The van der Waals surface area contributed by atoms with Crippen LogP contribution in [0.25, 0.3) is 0 Å². The summed E-state index contributed by atoms with van der Waals surface area (Å²) in [5, 5.41) is 5.55. The van der Waals surface area contributed by atoms with Crippen LogP contribution < -0.4 is 15.5 Å². The van der Waals surface area contributed by atoms with Crippen LogP contribution in [0, 0.1) is 0 Å². The molecule has 2 saturated heterocycles. The Morgan fingerprint density at radius 1 is 1.11 bits per heavy atom. The van der Waals surface area contributed by atoms with Gasteiger partial charge in [0.15, 0.2) is 5.82 Å². The number of aromatic nitrogens is 3. The highest BCUT2D eigenvalue weighted by Crippen LogP contribution is 2.34. The Morgan fingerprint density at radius 3 is 2.69 bits per heavy atom. The van der Waals surface area contributed by atoms with Gasteiger partial charge in [0.2, 0.25) is 11.9 Å². The minimum Gasteiger partial charge on any atom is -0.430 e. The van der Waals surface area contributed by atoms with Crippen LogP contribution in [-0.2, 0) is 15.7 Å². The molecule has 4 heterocycles. The van der Waals surface area contributed by atoms with Crippen LogP contribution >= 0.6 is 0 Å². The van der Waals surface area contributed by atoms with Gasteiger partial charge in [0.1, 0.15) is 17.6 Å². The highest BCUT2D eigenvalue weighted by atomic mass is 19.4. The molecule has 35 heavy (non-hydrogen) atoms. The van der Waals surface area contributed by atoms with Crippen molar-refractivity contribution in [1.29, 1.82) is 0 Å². The van der Waals surface area contributed by atoms with Crippen molar-refractivity contribution in [1.82, 2.24) is 24.8 Å². The predicted octanol–water partition coefficient (Wildman–Crippen LogP) is 2.03. The molecule has 0 atom stereocenters. The minimum absolute atomic E-state index is 0.0180. The summed E-state index contributed by atoms with van der Waals surface area (Å²) in [5.74, 6) is -0.107. The van der Waals surface area contributed by atoms with Gasteiger partial charge in [0.25, 0.3) is 6.01 Å². The van der Waals surface area contributed by atoms with Gasteiger partial charge in [-0.3, -0.25) is 4.79 Å². The second kappa shape index (κ2) is 11.1. The molecule has 14 heteroatoms. The molecule has 0 unspecified atom stereocenters. The summed E-state index contributed by atoms with van der Waals surface area (Å²) in [6.45, 7) is 5.21. The maximum Gasteiger partial charge on any atom is 0.421 e. The van der Waals surface area contributed by atoms with Crippen LogP contribution in [0.15, 0.2) is 16.9 Å². The molecule has 2 aliphatic rings. The second-order valence-corrected chi connectivity index (χ2v) is 8.41. The fraction of sp³-hybridized carbons (Fsp3) is 0.619. The van der Waals surface area contributed by atoms with E-state index in [1.807, 2.05) is 11.9 Å². The van der Waals surface area contributed by atoms with Gasteiger partial charge in [-0.05, 0) is 13.5 Å². The van der Waals surface area contributed by atoms with Gasteiger partial charge in [-0.15, -0.1) is 0 Å². The van der Waals surface area contributed by atoms with Crippen LogP contribution in [0.3, 0.4) is 0 Å². The van der Waals surface area contributed by atoms with Gasteiger partial charge in [-0.2, -0.15) is 23.1 Å². The van der Waals surface area contributed by atoms with E-state index in [0.29, 0.717) is 51.0 Å². The first-order valence-corrected chi connectivity index (χ1v) is 11.5. The lowest BCUT2D eigenvalue weighted by Gasteiger charge is -2.31. The number of hydrogen-bond acceptors (Lipinski definition) is 10. The molecular weight excluding hydrogens is 469 g/mol. The predicted molar refractivity (Wildman–Crippen MR) is 122 cm³/mol. The quantitative estimate of drug-likeness (QED) is 0.525. The first-order chi connectivity index (χ1) is 16.8. The van der Waals surface area contributed by atoms with E-state index in [-0.39, 0.29) is 24.2 Å². The van der Waals surface area contributed by atoms with Gasteiger partial charge >= 0.3 is 6.18 Å². The molecular formula is C21H29F3N8O3. The number of oxazole rings is 1. The van der Waals surface area contributed by atoms with Crippen molar-refractivity contribution >= 4 is 29.5 Å². The lowest BCUT2D eigenvalue weighted by molar-refractivity contribution is -0.137. The number of rotatable bonds is 8. The summed E-state index contributed by atoms with van der Waals surface area (Å²) in [6.07, 6.45) is -1.75. The van der Waals surface area contributed by atoms with Crippen LogP contribution in [0.1, 0.15) is 18.4 Å². The average Bonchev–Trinajstić information content (AvgIpc) is 3.18. The average molecular weight is 499 g/mol. The number of anilines is 4. The van der Waals surface area contributed by atoms with Crippen LogP contribution in [0.5, 0.6) is 0 Å². The van der Waals surface area contributed by atoms with E-state index in [9.17, 15) is 18.0 Å². The third-order valence-electron chi connectivity index (χ3n) is 5.82. The molecule has 0 aromatic carbocycles. The van der Waals surface area contributed by atoms with E-state index in [0.717, 1.165) is 32.4 Å². The highest BCUT2D eigenvalue weighted by Gasteiger charge is 2.35. The molecule has 1 amide bonds. The number of amides is 1. The summed E-state index contributed by atoms with van der Waals surface area (Å²) in [6, 6.07) is 0.430. The zero-order chi connectivity index (χ0) is 24.8. The number of likely N-dealkylation sites (N-methyl/N-ethyl adjacent to an activating group) is 1. The van der Waals surface area contributed by atoms with E-state index in [2.05, 4.69) is 30.5 Å². The Labute approximate surface area is 200 Å². The van der Waals surface area contributed by atoms with Crippen molar-refractivity contribution in [2.45, 2.75) is 19.0 Å². The van der Waals surface area contributed by atoms with Crippen LogP contribution in [-0.4, -0.2) is 96.7 Å². The van der Waals surface area contributed by atoms with E-state index in [1.165, 1.54) is 6.26 Å². The topological polar surface area (TPSA) is 112 Å². The molecule has 2 fully saturated rings. The van der Waals surface area contributed by atoms with Gasteiger partial charge in [0.05, 0.1) is 19.6 Å². The number of piperazine rings is 1. The molecule has 2 aliphatic heterocycles. The van der Waals surface area contributed by atoms with Gasteiger partial charge in [0, 0.05) is 52.0 Å². The fourth-order valence-electron chi connectivity index (χ4n) is 3.80. The largest absolute Gasteiger partial charge is 0.430 e. The highest BCUT2D eigenvalue weighted by molar-refractivity contribution is 5.76. The van der Waals surface area contributed by atoms with Crippen molar-refractivity contribution < 1.29 is 27.1 Å². The zero-order valence-corrected chi connectivity index (χ0v) is 19.5.